The lowest BCUT2D eigenvalue weighted by molar-refractivity contribution is -0.385. The first-order valence-corrected chi connectivity index (χ1v) is 7.91. The number of ether oxygens (including phenoxy) is 2. The molecular weight excluding hydrogens is 316 g/mol. The van der Waals surface area contributed by atoms with Crippen LogP contribution >= 0.6 is 0 Å². The number of likely N-dealkylation sites (tertiary alicyclic amines) is 1. The molecule has 1 aromatic rings. The largest absolute Gasteiger partial charge is 0.496 e. The number of hydrogen-bond acceptors (Lipinski definition) is 6. The Labute approximate surface area is 140 Å². The molecule has 1 saturated heterocycles. The van der Waals surface area contributed by atoms with Crippen LogP contribution in [-0.2, 0) is 11.3 Å². The van der Waals surface area contributed by atoms with E-state index in [1.165, 1.54) is 32.1 Å². The molecule has 8 nitrogen and oxygen atoms in total. The average Bonchev–Trinajstić information content (AvgIpc) is 3.07. The second-order valence-corrected chi connectivity index (χ2v) is 5.70. The minimum Gasteiger partial charge on any atom is -0.496 e. The molecular formula is C16H22N2O6. The average molecular weight is 338 g/mol. The Morgan fingerprint density at radius 2 is 2.08 bits per heavy atom. The topological polar surface area (TPSA) is 102 Å². The van der Waals surface area contributed by atoms with Gasteiger partial charge in [0.25, 0.3) is 5.69 Å². The number of nitrogens with zero attached hydrogens (tertiary/aromatic N) is 2. The summed E-state index contributed by atoms with van der Waals surface area (Å²) >= 11 is 0. The normalized spacial score (nSPS) is 14.7. The van der Waals surface area contributed by atoms with Crippen molar-refractivity contribution in [2.45, 2.75) is 25.9 Å². The van der Waals surface area contributed by atoms with Crippen LogP contribution in [0.15, 0.2) is 12.1 Å². The molecule has 8 heteroatoms. The Morgan fingerprint density at radius 3 is 2.67 bits per heavy atom. The SMILES string of the molecule is COc1cc(C(=O)O)c([N+](=O)[O-])cc1COCCCN1CCCC1. The van der Waals surface area contributed by atoms with Crippen molar-refractivity contribution in [1.82, 2.24) is 4.90 Å². The van der Waals surface area contributed by atoms with Crippen LogP contribution < -0.4 is 4.74 Å². The monoisotopic (exact) mass is 338 g/mol. The molecule has 1 heterocycles. The van der Waals surface area contributed by atoms with E-state index in [0.717, 1.165) is 26.1 Å². The summed E-state index contributed by atoms with van der Waals surface area (Å²) in [5.41, 5.74) is -0.385. The predicted octanol–water partition coefficient (Wildman–Crippen LogP) is 2.30. The van der Waals surface area contributed by atoms with Crippen LogP contribution in [0.5, 0.6) is 5.75 Å². The van der Waals surface area contributed by atoms with Gasteiger partial charge in [-0.25, -0.2) is 4.79 Å². The molecule has 0 unspecified atom stereocenters. The number of aromatic carboxylic acids is 1. The number of methoxy groups -OCH3 is 1. The maximum atomic E-state index is 11.1. The maximum Gasteiger partial charge on any atom is 0.342 e. The Morgan fingerprint density at radius 1 is 1.38 bits per heavy atom. The summed E-state index contributed by atoms with van der Waals surface area (Å²) < 4.78 is 10.7. The van der Waals surface area contributed by atoms with Gasteiger partial charge in [0, 0.05) is 30.8 Å². The molecule has 1 aliphatic rings. The third kappa shape index (κ3) is 4.65. The van der Waals surface area contributed by atoms with Crippen molar-refractivity contribution >= 4 is 11.7 Å². The quantitative estimate of drug-likeness (QED) is 0.419. The molecule has 0 amide bonds. The van der Waals surface area contributed by atoms with Gasteiger partial charge in [0.15, 0.2) is 0 Å². The van der Waals surface area contributed by atoms with Crippen molar-refractivity contribution < 1.29 is 24.3 Å². The van der Waals surface area contributed by atoms with Gasteiger partial charge in [-0.3, -0.25) is 10.1 Å². The fraction of sp³-hybridized carbons (Fsp3) is 0.562. The number of benzene rings is 1. The molecule has 0 aliphatic carbocycles. The molecule has 0 bridgehead atoms. The van der Waals surface area contributed by atoms with Crippen molar-refractivity contribution in [2.24, 2.45) is 0 Å². The van der Waals surface area contributed by atoms with Gasteiger partial charge in [-0.1, -0.05) is 0 Å². The molecule has 0 saturated carbocycles. The van der Waals surface area contributed by atoms with Crippen molar-refractivity contribution in [1.29, 1.82) is 0 Å². The van der Waals surface area contributed by atoms with Crippen LogP contribution in [0.25, 0.3) is 0 Å². The molecule has 1 N–H and O–H groups in total. The number of rotatable bonds is 9. The van der Waals surface area contributed by atoms with Gasteiger partial charge in [0.2, 0.25) is 0 Å². The van der Waals surface area contributed by atoms with Gasteiger partial charge in [-0.05, 0) is 32.4 Å². The fourth-order valence-electron chi connectivity index (χ4n) is 2.82. The highest BCUT2D eigenvalue weighted by atomic mass is 16.6. The Balaban J connectivity index is 1.96. The molecule has 0 spiro atoms. The van der Waals surface area contributed by atoms with Crippen LogP contribution in [0.4, 0.5) is 5.69 Å². The van der Waals surface area contributed by atoms with E-state index in [0.29, 0.717) is 12.2 Å². The Hall–Kier alpha value is -2.19. The Kier molecular flexibility index (Phi) is 6.51. The van der Waals surface area contributed by atoms with Crippen LogP contribution in [0.1, 0.15) is 35.2 Å². The summed E-state index contributed by atoms with van der Waals surface area (Å²) in [6.07, 6.45) is 3.38. The van der Waals surface area contributed by atoms with E-state index in [1.807, 2.05) is 0 Å². The van der Waals surface area contributed by atoms with E-state index in [2.05, 4.69) is 4.90 Å². The molecule has 1 fully saturated rings. The number of hydrogen-bond donors (Lipinski definition) is 1. The third-order valence-corrected chi connectivity index (χ3v) is 4.05. The molecule has 0 aromatic heterocycles. The van der Waals surface area contributed by atoms with Gasteiger partial charge in [-0.2, -0.15) is 0 Å². The zero-order chi connectivity index (χ0) is 17.5. The molecule has 0 radical (unpaired) electrons. The summed E-state index contributed by atoms with van der Waals surface area (Å²) in [5.74, 6) is -1.09. The molecule has 24 heavy (non-hydrogen) atoms. The molecule has 2 rings (SSSR count). The van der Waals surface area contributed by atoms with Crippen LogP contribution in [0.3, 0.4) is 0 Å². The predicted molar refractivity (Wildman–Crippen MR) is 86.6 cm³/mol. The first-order chi connectivity index (χ1) is 11.5. The summed E-state index contributed by atoms with van der Waals surface area (Å²) in [5, 5.41) is 20.1. The smallest absolute Gasteiger partial charge is 0.342 e. The van der Waals surface area contributed by atoms with E-state index in [-0.39, 0.29) is 12.4 Å². The number of nitro groups is 1. The fourth-order valence-corrected chi connectivity index (χ4v) is 2.82. The summed E-state index contributed by atoms with van der Waals surface area (Å²) in [7, 11) is 1.39. The lowest BCUT2D eigenvalue weighted by Gasteiger charge is -2.14. The van der Waals surface area contributed by atoms with Crippen molar-refractivity contribution in [3.05, 3.63) is 33.4 Å². The lowest BCUT2D eigenvalue weighted by atomic mass is 10.1. The standard InChI is InChI=1S/C16H22N2O6/c1-23-15-10-13(16(19)20)14(18(21)22)9-12(15)11-24-8-4-7-17-5-2-3-6-17/h9-10H,2-8,11H2,1H3,(H,19,20). The van der Waals surface area contributed by atoms with E-state index in [9.17, 15) is 14.9 Å². The van der Waals surface area contributed by atoms with E-state index in [4.69, 9.17) is 14.6 Å². The zero-order valence-electron chi connectivity index (χ0n) is 13.7. The van der Waals surface area contributed by atoms with Gasteiger partial charge in [0.1, 0.15) is 11.3 Å². The van der Waals surface area contributed by atoms with Crippen molar-refractivity contribution in [2.75, 3.05) is 33.4 Å². The van der Waals surface area contributed by atoms with E-state index in [1.54, 1.807) is 0 Å². The minimum atomic E-state index is -1.36. The van der Waals surface area contributed by atoms with Gasteiger partial charge < -0.3 is 19.5 Å². The number of carbonyl (C=O) groups is 1. The van der Waals surface area contributed by atoms with Crippen molar-refractivity contribution in [3.63, 3.8) is 0 Å². The van der Waals surface area contributed by atoms with Crippen LogP contribution in [0, 0.1) is 10.1 Å². The van der Waals surface area contributed by atoms with E-state index >= 15 is 0 Å². The minimum absolute atomic E-state index is 0.143. The summed E-state index contributed by atoms with van der Waals surface area (Å²) in [4.78, 5) is 23.9. The third-order valence-electron chi connectivity index (χ3n) is 4.05. The molecule has 0 atom stereocenters. The number of carboxylic acid groups (broad SMARTS) is 1. The number of nitro benzene ring substituents is 1. The summed E-state index contributed by atoms with van der Waals surface area (Å²) in [6, 6.07) is 2.38. The number of carboxylic acids is 1. The highest BCUT2D eigenvalue weighted by Crippen LogP contribution is 2.29. The maximum absolute atomic E-state index is 11.1. The first-order valence-electron chi connectivity index (χ1n) is 7.91. The second-order valence-electron chi connectivity index (χ2n) is 5.70. The molecule has 132 valence electrons. The van der Waals surface area contributed by atoms with Gasteiger partial charge in [0.05, 0.1) is 18.6 Å². The van der Waals surface area contributed by atoms with Crippen LogP contribution in [0.2, 0.25) is 0 Å². The zero-order valence-corrected chi connectivity index (χ0v) is 13.7. The first kappa shape index (κ1) is 18.2. The van der Waals surface area contributed by atoms with Crippen LogP contribution in [-0.4, -0.2) is 54.3 Å². The molecule has 1 aliphatic heterocycles. The second kappa shape index (κ2) is 8.60. The van der Waals surface area contributed by atoms with E-state index < -0.39 is 22.1 Å². The van der Waals surface area contributed by atoms with Gasteiger partial charge >= 0.3 is 5.97 Å². The van der Waals surface area contributed by atoms with Gasteiger partial charge in [-0.15, -0.1) is 0 Å². The highest BCUT2D eigenvalue weighted by Gasteiger charge is 2.23. The lowest BCUT2D eigenvalue weighted by Crippen LogP contribution is -2.21. The summed E-state index contributed by atoms with van der Waals surface area (Å²) in [6.45, 7) is 3.93. The highest BCUT2D eigenvalue weighted by molar-refractivity contribution is 5.93. The Bertz CT molecular complexity index is 598. The molecule has 1 aromatic carbocycles. The van der Waals surface area contributed by atoms with Crippen molar-refractivity contribution in [3.8, 4) is 5.75 Å².